The number of hydrogen-bond acceptors (Lipinski definition) is 5. The van der Waals surface area contributed by atoms with Crippen molar-refractivity contribution < 1.29 is 13.5 Å². The molecule has 0 aliphatic rings. The standard InChI is InChI=1S/C30H17BrCl2FN3O3/c31-23-11-18(12-24(33)28(23)39-16-17-5-8-21(34)9-6-17)15-35-37-29(36-25-4-2-1-3-22(25)30(37)38)27-14-19-13-20(32)7-10-26(19)40-27/h1-15H,16H2. The molecule has 0 spiro atoms. The van der Waals surface area contributed by atoms with Crippen molar-refractivity contribution in [1.82, 2.24) is 9.66 Å². The summed E-state index contributed by atoms with van der Waals surface area (Å²) in [6.07, 6.45) is 1.50. The molecular weight excluding hydrogens is 620 g/mol. The normalized spacial score (nSPS) is 11.6. The van der Waals surface area contributed by atoms with E-state index in [1.807, 2.05) is 6.07 Å². The Kier molecular flexibility index (Phi) is 7.14. The Balaban J connectivity index is 1.37. The quantitative estimate of drug-likeness (QED) is 0.172. The lowest BCUT2D eigenvalue weighted by atomic mass is 10.2. The predicted octanol–water partition coefficient (Wildman–Crippen LogP) is 8.48. The van der Waals surface area contributed by atoms with Crippen LogP contribution in [0, 0.1) is 5.82 Å². The van der Waals surface area contributed by atoms with Crippen molar-refractivity contribution in [3.63, 3.8) is 0 Å². The van der Waals surface area contributed by atoms with Crippen molar-refractivity contribution in [3.8, 4) is 17.3 Å². The Hall–Kier alpha value is -3.98. The van der Waals surface area contributed by atoms with E-state index in [0.717, 1.165) is 10.9 Å². The third-order valence-electron chi connectivity index (χ3n) is 6.09. The van der Waals surface area contributed by atoms with Gasteiger partial charge in [0.25, 0.3) is 5.56 Å². The molecule has 40 heavy (non-hydrogen) atoms. The second-order valence-corrected chi connectivity index (χ2v) is 10.5. The Labute approximate surface area is 245 Å². The van der Waals surface area contributed by atoms with Crippen LogP contribution in [0.2, 0.25) is 10.0 Å². The van der Waals surface area contributed by atoms with Crippen molar-refractivity contribution >= 4 is 67.2 Å². The van der Waals surface area contributed by atoms with Gasteiger partial charge in [0.15, 0.2) is 11.5 Å². The van der Waals surface area contributed by atoms with Gasteiger partial charge in [-0.05, 0) is 87.7 Å². The summed E-state index contributed by atoms with van der Waals surface area (Å²) in [6.45, 7) is 0.205. The first-order valence-electron chi connectivity index (χ1n) is 12.0. The van der Waals surface area contributed by atoms with E-state index in [9.17, 15) is 9.18 Å². The maximum absolute atomic E-state index is 13.5. The van der Waals surface area contributed by atoms with Crippen LogP contribution in [0.3, 0.4) is 0 Å². The van der Waals surface area contributed by atoms with Crippen LogP contribution >= 0.6 is 39.1 Å². The lowest BCUT2D eigenvalue weighted by Crippen LogP contribution is -2.20. The molecule has 0 radical (unpaired) electrons. The van der Waals surface area contributed by atoms with Crippen LogP contribution in [-0.4, -0.2) is 15.9 Å². The van der Waals surface area contributed by atoms with E-state index < -0.39 is 0 Å². The number of hydrogen-bond donors (Lipinski definition) is 0. The minimum Gasteiger partial charge on any atom is -0.486 e. The first-order chi connectivity index (χ1) is 19.4. The fourth-order valence-electron chi connectivity index (χ4n) is 4.17. The number of benzene rings is 4. The second kappa shape index (κ2) is 10.9. The van der Waals surface area contributed by atoms with Gasteiger partial charge in [0.2, 0.25) is 5.82 Å². The molecular formula is C30H17BrCl2FN3O3. The van der Waals surface area contributed by atoms with Crippen LogP contribution < -0.4 is 10.3 Å². The zero-order chi connectivity index (χ0) is 27.8. The molecule has 198 valence electrons. The number of rotatable bonds is 6. The number of para-hydroxylation sites is 1. The van der Waals surface area contributed by atoms with Gasteiger partial charge in [-0.15, -0.1) is 0 Å². The molecule has 0 aliphatic carbocycles. The highest BCUT2D eigenvalue weighted by Crippen LogP contribution is 2.35. The van der Waals surface area contributed by atoms with Crippen LogP contribution in [-0.2, 0) is 6.61 Å². The van der Waals surface area contributed by atoms with Crippen molar-refractivity contribution in [1.29, 1.82) is 0 Å². The van der Waals surface area contributed by atoms with E-state index in [1.165, 1.54) is 23.0 Å². The van der Waals surface area contributed by atoms with E-state index in [0.29, 0.717) is 48.1 Å². The van der Waals surface area contributed by atoms with Gasteiger partial charge in [0, 0.05) is 10.4 Å². The molecule has 0 saturated heterocycles. The molecule has 4 aromatic carbocycles. The predicted molar refractivity (Wildman–Crippen MR) is 159 cm³/mol. The molecule has 0 bridgehead atoms. The van der Waals surface area contributed by atoms with Crippen LogP contribution in [0.5, 0.6) is 5.75 Å². The highest BCUT2D eigenvalue weighted by atomic mass is 79.9. The Bertz CT molecular complexity index is 1960. The minimum atomic E-state index is -0.361. The maximum atomic E-state index is 13.5. The lowest BCUT2D eigenvalue weighted by molar-refractivity contribution is 0.304. The van der Waals surface area contributed by atoms with Gasteiger partial charge in [-0.25, -0.2) is 9.37 Å². The highest BCUT2D eigenvalue weighted by Gasteiger charge is 2.17. The summed E-state index contributed by atoms with van der Waals surface area (Å²) in [5.41, 5.74) is 2.15. The first kappa shape index (κ1) is 26.3. The zero-order valence-corrected chi connectivity index (χ0v) is 23.5. The van der Waals surface area contributed by atoms with Crippen molar-refractivity contribution in [2.75, 3.05) is 0 Å². The summed E-state index contributed by atoms with van der Waals surface area (Å²) in [4.78, 5) is 18.2. The van der Waals surface area contributed by atoms with E-state index in [-0.39, 0.29) is 23.8 Å². The van der Waals surface area contributed by atoms with Gasteiger partial charge in [0.05, 0.1) is 26.6 Å². The van der Waals surface area contributed by atoms with Crippen molar-refractivity contribution in [3.05, 3.63) is 127 Å². The second-order valence-electron chi connectivity index (χ2n) is 8.84. The molecule has 2 aromatic heterocycles. The molecule has 0 aliphatic heterocycles. The van der Waals surface area contributed by atoms with E-state index >= 15 is 0 Å². The molecule has 2 heterocycles. The molecule has 0 N–H and O–H groups in total. The summed E-state index contributed by atoms with van der Waals surface area (Å²) in [6, 6.07) is 23.5. The third kappa shape index (κ3) is 5.25. The number of nitrogens with zero attached hydrogens (tertiary/aromatic N) is 3. The van der Waals surface area contributed by atoms with Crippen LogP contribution in [0.1, 0.15) is 11.1 Å². The van der Waals surface area contributed by atoms with Gasteiger partial charge >= 0.3 is 0 Å². The maximum Gasteiger partial charge on any atom is 0.282 e. The van der Waals surface area contributed by atoms with Gasteiger partial charge in [-0.1, -0.05) is 47.5 Å². The molecule has 0 amide bonds. The highest BCUT2D eigenvalue weighted by molar-refractivity contribution is 9.10. The lowest BCUT2D eigenvalue weighted by Gasteiger charge is -2.11. The summed E-state index contributed by atoms with van der Waals surface area (Å²) in [7, 11) is 0. The number of halogens is 4. The number of aromatic nitrogens is 2. The fraction of sp³-hybridized carbons (Fsp3) is 0.0333. The summed E-state index contributed by atoms with van der Waals surface area (Å²) < 4.78 is 26.8. The van der Waals surface area contributed by atoms with Crippen molar-refractivity contribution in [2.24, 2.45) is 5.10 Å². The molecule has 10 heteroatoms. The van der Waals surface area contributed by atoms with Crippen LogP contribution in [0.4, 0.5) is 4.39 Å². The SMILES string of the molecule is O=c1c2ccccc2nc(-c2cc3cc(Cl)ccc3o2)n1N=Cc1cc(Cl)c(OCc2ccc(F)cc2)c(Br)c1. The monoisotopic (exact) mass is 635 g/mol. The Morgan fingerprint density at radius 2 is 1.82 bits per heavy atom. The first-order valence-corrected chi connectivity index (χ1v) is 13.5. The average Bonchev–Trinajstić information content (AvgIpc) is 3.36. The Morgan fingerprint density at radius 3 is 2.62 bits per heavy atom. The number of fused-ring (bicyclic) bond motifs is 2. The third-order valence-corrected chi connectivity index (χ3v) is 7.20. The van der Waals surface area contributed by atoms with Gasteiger partial charge in [0.1, 0.15) is 18.0 Å². The molecule has 6 aromatic rings. The van der Waals surface area contributed by atoms with Gasteiger partial charge in [-0.2, -0.15) is 9.78 Å². The zero-order valence-electron chi connectivity index (χ0n) is 20.4. The average molecular weight is 637 g/mol. The number of ether oxygens (including phenoxy) is 1. The van der Waals surface area contributed by atoms with Gasteiger partial charge < -0.3 is 9.15 Å². The largest absolute Gasteiger partial charge is 0.486 e. The fourth-order valence-corrected chi connectivity index (χ4v) is 5.34. The topological polar surface area (TPSA) is 69.6 Å². The van der Waals surface area contributed by atoms with E-state index in [4.69, 9.17) is 32.4 Å². The molecule has 0 saturated carbocycles. The van der Waals surface area contributed by atoms with Crippen molar-refractivity contribution in [2.45, 2.75) is 6.61 Å². The van der Waals surface area contributed by atoms with E-state index in [2.05, 4.69) is 26.0 Å². The molecule has 6 rings (SSSR count). The van der Waals surface area contributed by atoms with Gasteiger partial charge in [-0.3, -0.25) is 4.79 Å². The van der Waals surface area contributed by atoms with E-state index in [1.54, 1.807) is 66.7 Å². The summed E-state index contributed by atoms with van der Waals surface area (Å²) >= 11 is 16.2. The van der Waals surface area contributed by atoms with Crippen LogP contribution in [0.25, 0.3) is 33.5 Å². The number of furan rings is 1. The molecule has 0 unspecified atom stereocenters. The summed E-state index contributed by atoms with van der Waals surface area (Å²) in [5, 5.41) is 6.55. The smallest absolute Gasteiger partial charge is 0.282 e. The molecule has 0 atom stereocenters. The van der Waals surface area contributed by atoms with Crippen LogP contribution in [0.15, 0.2) is 104 Å². The molecule has 6 nitrogen and oxygen atoms in total. The Morgan fingerprint density at radius 1 is 1.02 bits per heavy atom. The molecule has 0 fully saturated rings. The minimum absolute atomic E-state index is 0.205. The summed E-state index contributed by atoms with van der Waals surface area (Å²) in [5.74, 6) is 0.701.